The van der Waals surface area contributed by atoms with Crippen molar-refractivity contribution in [3.8, 4) is 0 Å². The number of carbonyl (C=O) groups is 1. The number of unbranched alkanes of at least 4 members (excludes halogenated alkanes) is 1. The van der Waals surface area contributed by atoms with E-state index in [0.29, 0.717) is 18.0 Å². The van der Waals surface area contributed by atoms with E-state index >= 15 is 0 Å². The van der Waals surface area contributed by atoms with Crippen molar-refractivity contribution >= 4 is 27.7 Å². The van der Waals surface area contributed by atoms with Crippen LogP contribution in [0.1, 0.15) is 58.4 Å². The molecule has 1 saturated heterocycles. The molecule has 158 valence electrons. The maximum atomic E-state index is 12.3. The normalized spacial score (nSPS) is 17.7. The molecule has 0 spiro atoms. The van der Waals surface area contributed by atoms with Crippen LogP contribution in [-0.4, -0.2) is 43.4 Å². The second kappa shape index (κ2) is 9.94. The quantitative estimate of drug-likeness (QED) is 0.623. The van der Waals surface area contributed by atoms with Gasteiger partial charge < -0.3 is 9.64 Å². The van der Waals surface area contributed by atoms with Crippen molar-refractivity contribution in [3.63, 3.8) is 0 Å². The lowest BCUT2D eigenvalue weighted by molar-refractivity contribution is 0.0219. The third kappa shape index (κ3) is 7.97. The molecule has 1 atom stereocenters. The Labute approximate surface area is 173 Å². The Hall–Kier alpha value is -1.31. The number of amides is 1. The first-order chi connectivity index (χ1) is 13.1. The van der Waals surface area contributed by atoms with Crippen molar-refractivity contribution in [3.05, 3.63) is 34.9 Å². The first kappa shape index (κ1) is 23.0. The predicted molar refractivity (Wildman–Crippen MR) is 112 cm³/mol. The predicted octanol–water partition coefficient (Wildman–Crippen LogP) is 4.33. The molecule has 1 fully saturated rings. The molecule has 0 radical (unpaired) electrons. The van der Waals surface area contributed by atoms with Crippen LogP contribution in [0, 0.1) is 0 Å². The lowest BCUT2D eigenvalue weighted by Crippen LogP contribution is -2.39. The second-order valence-corrected chi connectivity index (χ2v) is 10.6. The molecule has 0 bridgehead atoms. The fourth-order valence-electron chi connectivity index (χ4n) is 3.24. The molecule has 8 heteroatoms. The minimum absolute atomic E-state index is 0.0831. The van der Waals surface area contributed by atoms with Crippen molar-refractivity contribution in [2.75, 3.05) is 12.3 Å². The molecule has 0 saturated carbocycles. The van der Waals surface area contributed by atoms with Gasteiger partial charge in [0.2, 0.25) is 10.0 Å². The fourth-order valence-corrected chi connectivity index (χ4v) is 4.48. The molecule has 0 unspecified atom stereocenters. The monoisotopic (exact) mass is 430 g/mol. The van der Waals surface area contributed by atoms with Crippen molar-refractivity contribution in [1.29, 1.82) is 0 Å². The Balaban J connectivity index is 1.71. The van der Waals surface area contributed by atoms with Crippen molar-refractivity contribution in [2.45, 2.75) is 71.1 Å². The van der Waals surface area contributed by atoms with Crippen molar-refractivity contribution < 1.29 is 17.9 Å². The number of hydrogen-bond donors (Lipinski definition) is 1. The van der Waals surface area contributed by atoms with E-state index in [2.05, 4.69) is 4.72 Å². The zero-order chi connectivity index (χ0) is 20.8. The average Bonchev–Trinajstić information content (AvgIpc) is 3.05. The molecule has 1 heterocycles. The molecular weight excluding hydrogens is 400 g/mol. The van der Waals surface area contributed by atoms with Crippen LogP contribution in [0.5, 0.6) is 0 Å². The van der Waals surface area contributed by atoms with E-state index in [1.807, 2.05) is 20.8 Å². The van der Waals surface area contributed by atoms with E-state index in [0.717, 1.165) is 31.2 Å². The summed E-state index contributed by atoms with van der Waals surface area (Å²) in [4.78, 5) is 14.1. The summed E-state index contributed by atoms with van der Waals surface area (Å²) >= 11 is 5.83. The van der Waals surface area contributed by atoms with Crippen LogP contribution in [0.4, 0.5) is 4.79 Å². The van der Waals surface area contributed by atoms with Gasteiger partial charge in [0.1, 0.15) is 5.60 Å². The van der Waals surface area contributed by atoms with Gasteiger partial charge in [-0.1, -0.05) is 30.2 Å². The van der Waals surface area contributed by atoms with Gasteiger partial charge in [-0.25, -0.2) is 17.9 Å². The van der Waals surface area contributed by atoms with E-state index in [-0.39, 0.29) is 24.4 Å². The van der Waals surface area contributed by atoms with Gasteiger partial charge in [-0.05, 0) is 64.2 Å². The molecule has 1 aliphatic heterocycles. The summed E-state index contributed by atoms with van der Waals surface area (Å²) in [6, 6.07) is 7.22. The van der Waals surface area contributed by atoms with Gasteiger partial charge in [0, 0.05) is 24.2 Å². The second-order valence-electron chi connectivity index (χ2n) is 8.23. The van der Waals surface area contributed by atoms with E-state index in [1.54, 1.807) is 29.2 Å². The number of nitrogens with zero attached hydrogens (tertiary/aromatic N) is 1. The summed E-state index contributed by atoms with van der Waals surface area (Å²) in [6.45, 7) is 6.54. The zero-order valence-electron chi connectivity index (χ0n) is 16.9. The van der Waals surface area contributed by atoms with Gasteiger partial charge >= 0.3 is 6.09 Å². The number of ether oxygens (including phenoxy) is 1. The molecule has 1 N–H and O–H groups in total. The molecular formula is C20H31ClN2O4S. The number of likely N-dealkylation sites (tertiary alicyclic amines) is 1. The maximum absolute atomic E-state index is 12.3. The highest BCUT2D eigenvalue weighted by Crippen LogP contribution is 2.24. The van der Waals surface area contributed by atoms with Crippen LogP contribution in [0.2, 0.25) is 5.02 Å². The number of hydrogen-bond acceptors (Lipinski definition) is 4. The van der Waals surface area contributed by atoms with Gasteiger partial charge in [-0.3, -0.25) is 0 Å². The smallest absolute Gasteiger partial charge is 0.410 e. The van der Waals surface area contributed by atoms with Crippen LogP contribution < -0.4 is 4.72 Å². The highest BCUT2D eigenvalue weighted by molar-refractivity contribution is 7.89. The van der Waals surface area contributed by atoms with Gasteiger partial charge in [0.05, 0.1) is 5.75 Å². The first-order valence-corrected chi connectivity index (χ1v) is 11.8. The summed E-state index contributed by atoms with van der Waals surface area (Å²) < 4.78 is 32.4. The van der Waals surface area contributed by atoms with Gasteiger partial charge in [0.25, 0.3) is 0 Å². The molecule has 0 aliphatic carbocycles. The summed E-state index contributed by atoms with van der Waals surface area (Å²) in [5.41, 5.74) is 0.362. The largest absolute Gasteiger partial charge is 0.444 e. The van der Waals surface area contributed by atoms with Crippen LogP contribution in [0.25, 0.3) is 0 Å². The van der Waals surface area contributed by atoms with E-state index in [9.17, 15) is 13.2 Å². The van der Waals surface area contributed by atoms with Gasteiger partial charge in [-0.15, -0.1) is 0 Å². The van der Waals surface area contributed by atoms with Crippen LogP contribution in [-0.2, 0) is 21.3 Å². The number of nitrogens with one attached hydrogen (secondary N) is 1. The highest BCUT2D eigenvalue weighted by atomic mass is 35.5. The standard InChI is InChI=1S/C20H31ClN2O4S/c1-20(2,3)27-19(24)23-13-6-8-18(23)7-4-5-14-28(25,26)22-15-16-9-11-17(21)12-10-16/h9-12,18,22H,4-8,13-15H2,1-3H3/t18-/m0/s1. The SMILES string of the molecule is CC(C)(C)OC(=O)N1CCC[C@@H]1CCCCS(=O)(=O)NCc1ccc(Cl)cc1. The lowest BCUT2D eigenvalue weighted by atomic mass is 10.1. The first-order valence-electron chi connectivity index (χ1n) is 9.77. The highest BCUT2D eigenvalue weighted by Gasteiger charge is 2.31. The van der Waals surface area contributed by atoms with Crippen LogP contribution in [0.3, 0.4) is 0 Å². The van der Waals surface area contributed by atoms with Gasteiger partial charge in [-0.2, -0.15) is 0 Å². The third-order valence-electron chi connectivity index (χ3n) is 4.62. The van der Waals surface area contributed by atoms with E-state index in [4.69, 9.17) is 16.3 Å². The minimum Gasteiger partial charge on any atom is -0.444 e. The molecule has 1 aromatic carbocycles. The summed E-state index contributed by atoms with van der Waals surface area (Å²) in [6.07, 6.45) is 3.75. The molecule has 1 aliphatic rings. The third-order valence-corrected chi connectivity index (χ3v) is 6.28. The zero-order valence-corrected chi connectivity index (χ0v) is 18.5. The van der Waals surface area contributed by atoms with Crippen molar-refractivity contribution in [2.24, 2.45) is 0 Å². The molecule has 28 heavy (non-hydrogen) atoms. The average molecular weight is 431 g/mol. The molecule has 1 aromatic rings. The van der Waals surface area contributed by atoms with Crippen LogP contribution in [0.15, 0.2) is 24.3 Å². The Morgan fingerprint density at radius 3 is 2.57 bits per heavy atom. The lowest BCUT2D eigenvalue weighted by Gasteiger charge is -2.28. The number of benzene rings is 1. The Morgan fingerprint density at radius 2 is 1.93 bits per heavy atom. The van der Waals surface area contributed by atoms with E-state index in [1.165, 1.54) is 0 Å². The molecule has 6 nitrogen and oxygen atoms in total. The molecule has 1 amide bonds. The summed E-state index contributed by atoms with van der Waals surface area (Å²) in [5.74, 6) is 0.0831. The Morgan fingerprint density at radius 1 is 1.25 bits per heavy atom. The summed E-state index contributed by atoms with van der Waals surface area (Å²) in [7, 11) is -3.33. The number of rotatable bonds is 8. The Kier molecular flexibility index (Phi) is 8.16. The minimum atomic E-state index is -3.33. The fraction of sp³-hybridized carbons (Fsp3) is 0.650. The molecule has 2 rings (SSSR count). The van der Waals surface area contributed by atoms with Crippen LogP contribution >= 0.6 is 11.6 Å². The maximum Gasteiger partial charge on any atom is 0.410 e. The summed E-state index contributed by atoms with van der Waals surface area (Å²) in [5, 5.41) is 0.624. The number of sulfonamides is 1. The van der Waals surface area contributed by atoms with Gasteiger partial charge in [0.15, 0.2) is 0 Å². The van der Waals surface area contributed by atoms with E-state index < -0.39 is 15.6 Å². The number of carbonyl (C=O) groups excluding carboxylic acids is 1. The topological polar surface area (TPSA) is 75.7 Å². The Bertz CT molecular complexity index is 744. The van der Waals surface area contributed by atoms with Crippen molar-refractivity contribution in [1.82, 2.24) is 9.62 Å². The number of halogens is 1. The molecule has 0 aromatic heterocycles.